The van der Waals surface area contributed by atoms with Crippen LogP contribution in [0.3, 0.4) is 0 Å². The molecule has 194 valence electrons. The molecule has 1 atom stereocenters. The lowest BCUT2D eigenvalue weighted by molar-refractivity contribution is 0.299. The fourth-order valence-electron chi connectivity index (χ4n) is 4.65. The minimum absolute atomic E-state index is 0.00483. The first kappa shape index (κ1) is 25.8. The van der Waals surface area contributed by atoms with Gasteiger partial charge in [-0.2, -0.15) is 4.98 Å². The van der Waals surface area contributed by atoms with Crippen LogP contribution < -0.4 is 10.6 Å². The highest BCUT2D eigenvalue weighted by Crippen LogP contribution is 2.37. The molecule has 3 heterocycles. The average molecular weight is 547 g/mol. The summed E-state index contributed by atoms with van der Waals surface area (Å²) in [6.45, 7) is 2.75. The van der Waals surface area contributed by atoms with Crippen molar-refractivity contribution in [1.82, 2.24) is 24.8 Å². The van der Waals surface area contributed by atoms with Gasteiger partial charge in [0.05, 0.1) is 21.8 Å². The second-order valence-electron chi connectivity index (χ2n) is 9.17. The molecule has 1 aliphatic rings. The number of benzene rings is 2. The lowest BCUT2D eigenvalue weighted by Gasteiger charge is -2.24. The average Bonchev–Trinajstić information content (AvgIpc) is 3.22. The van der Waals surface area contributed by atoms with Crippen LogP contribution in [0.1, 0.15) is 24.0 Å². The summed E-state index contributed by atoms with van der Waals surface area (Å²) in [6, 6.07) is 7.34. The van der Waals surface area contributed by atoms with E-state index in [4.69, 9.17) is 33.2 Å². The molecule has 1 aliphatic heterocycles. The maximum absolute atomic E-state index is 13.6. The Kier molecular flexibility index (Phi) is 7.85. The van der Waals surface area contributed by atoms with Crippen LogP contribution in [0.25, 0.3) is 22.6 Å². The molecule has 0 radical (unpaired) electrons. The first-order valence-corrected chi connectivity index (χ1v) is 12.9. The number of aromatic nitrogens is 4. The van der Waals surface area contributed by atoms with E-state index in [1.807, 2.05) is 4.57 Å². The van der Waals surface area contributed by atoms with Gasteiger partial charge in [-0.15, -0.1) is 0 Å². The molecular formula is C26H26Cl2F2N6O. The smallest absolute Gasteiger partial charge is 0.225 e. The first-order valence-electron chi connectivity index (χ1n) is 12.1. The third kappa shape index (κ3) is 5.70. The van der Waals surface area contributed by atoms with Gasteiger partial charge in [-0.3, -0.25) is 0 Å². The van der Waals surface area contributed by atoms with E-state index in [2.05, 4.69) is 15.6 Å². The first-order chi connectivity index (χ1) is 17.9. The van der Waals surface area contributed by atoms with Crippen molar-refractivity contribution >= 4 is 40.3 Å². The minimum Gasteiger partial charge on any atom is -0.396 e. The molecule has 2 aromatic carbocycles. The Bertz CT molecular complexity index is 1400. The molecule has 4 aromatic rings. The fourth-order valence-corrected chi connectivity index (χ4v) is 5.35. The van der Waals surface area contributed by atoms with Crippen LogP contribution in [-0.4, -0.2) is 44.3 Å². The van der Waals surface area contributed by atoms with Gasteiger partial charge in [-0.05, 0) is 73.7 Å². The highest BCUT2D eigenvalue weighted by Gasteiger charge is 2.23. The summed E-state index contributed by atoms with van der Waals surface area (Å²) in [5.74, 6) is -0.500. The largest absolute Gasteiger partial charge is 0.396 e. The molecule has 1 unspecified atom stereocenters. The van der Waals surface area contributed by atoms with Crippen molar-refractivity contribution in [1.29, 1.82) is 0 Å². The normalized spacial score (nSPS) is 15.9. The topological polar surface area (TPSA) is 87.9 Å². The number of halogens is 4. The second-order valence-corrected chi connectivity index (χ2v) is 9.99. The van der Waals surface area contributed by atoms with Crippen molar-refractivity contribution < 1.29 is 13.9 Å². The molecule has 1 saturated heterocycles. The summed E-state index contributed by atoms with van der Waals surface area (Å²) in [4.78, 5) is 13.9. The minimum atomic E-state index is -0.904. The van der Waals surface area contributed by atoms with Gasteiger partial charge in [0.1, 0.15) is 11.3 Å². The van der Waals surface area contributed by atoms with Gasteiger partial charge in [0.2, 0.25) is 5.95 Å². The van der Waals surface area contributed by atoms with Gasteiger partial charge >= 0.3 is 0 Å². The predicted octanol–water partition coefficient (Wildman–Crippen LogP) is 5.22. The van der Waals surface area contributed by atoms with Crippen LogP contribution in [0.4, 0.5) is 14.7 Å². The number of aliphatic hydroxyl groups excluding tert-OH is 1. The predicted molar refractivity (Wildman–Crippen MR) is 141 cm³/mol. The number of imidazole rings is 1. The van der Waals surface area contributed by atoms with Crippen LogP contribution in [0.2, 0.25) is 10.0 Å². The van der Waals surface area contributed by atoms with E-state index in [1.165, 1.54) is 6.07 Å². The van der Waals surface area contributed by atoms with Crippen LogP contribution in [0.15, 0.2) is 36.5 Å². The number of hydrogen-bond acceptors (Lipinski definition) is 6. The number of hydrogen-bond donors (Lipinski definition) is 3. The molecule has 11 heteroatoms. The number of nitrogens with zero attached hydrogens (tertiary/aromatic N) is 4. The van der Waals surface area contributed by atoms with Gasteiger partial charge < -0.3 is 20.3 Å². The Morgan fingerprint density at radius 2 is 1.89 bits per heavy atom. The van der Waals surface area contributed by atoms with E-state index in [0.29, 0.717) is 63.0 Å². The van der Waals surface area contributed by atoms with Gasteiger partial charge in [-0.1, -0.05) is 29.3 Å². The maximum atomic E-state index is 13.6. The molecule has 1 fully saturated rings. The van der Waals surface area contributed by atoms with Gasteiger partial charge in [0.25, 0.3) is 0 Å². The Morgan fingerprint density at radius 3 is 2.59 bits per heavy atom. The second kappa shape index (κ2) is 11.3. The molecule has 2 aromatic heterocycles. The Labute approximate surface area is 222 Å². The SMILES string of the molecule is OCCc1cc(Cl)c(-c2nc3cnc(NCc4ccc(F)c(F)c4)nc3n2CC2CCCNC2)c(Cl)c1. The molecule has 5 rings (SSSR count). The van der Waals surface area contributed by atoms with E-state index in [-0.39, 0.29) is 13.2 Å². The van der Waals surface area contributed by atoms with Crippen molar-refractivity contribution in [2.24, 2.45) is 5.92 Å². The Hall–Kier alpha value is -2.85. The maximum Gasteiger partial charge on any atom is 0.225 e. The number of aliphatic hydroxyl groups is 1. The zero-order chi connectivity index (χ0) is 25.9. The lowest BCUT2D eigenvalue weighted by atomic mass is 9.99. The van der Waals surface area contributed by atoms with E-state index in [0.717, 1.165) is 43.6 Å². The third-order valence-corrected chi connectivity index (χ3v) is 7.08. The number of anilines is 1. The highest BCUT2D eigenvalue weighted by atomic mass is 35.5. The van der Waals surface area contributed by atoms with Crippen LogP contribution in [0.5, 0.6) is 0 Å². The number of nitrogens with one attached hydrogen (secondary N) is 2. The highest BCUT2D eigenvalue weighted by molar-refractivity contribution is 6.39. The van der Waals surface area contributed by atoms with E-state index >= 15 is 0 Å². The van der Waals surface area contributed by atoms with Gasteiger partial charge in [0, 0.05) is 19.7 Å². The van der Waals surface area contributed by atoms with Crippen LogP contribution in [-0.2, 0) is 19.5 Å². The van der Waals surface area contributed by atoms with Crippen molar-refractivity contribution in [2.45, 2.75) is 32.4 Å². The summed E-state index contributed by atoms with van der Waals surface area (Å²) in [5, 5.41) is 16.7. The molecule has 0 bridgehead atoms. The zero-order valence-corrected chi connectivity index (χ0v) is 21.5. The summed E-state index contributed by atoms with van der Waals surface area (Å²) in [6.07, 6.45) is 4.22. The number of rotatable bonds is 8. The Morgan fingerprint density at radius 1 is 1.08 bits per heavy atom. The van der Waals surface area contributed by atoms with Crippen molar-refractivity contribution in [3.63, 3.8) is 0 Å². The molecule has 37 heavy (non-hydrogen) atoms. The summed E-state index contributed by atoms with van der Waals surface area (Å²) in [7, 11) is 0. The number of piperidine rings is 1. The van der Waals surface area contributed by atoms with Crippen LogP contribution in [0, 0.1) is 17.6 Å². The molecule has 7 nitrogen and oxygen atoms in total. The third-order valence-electron chi connectivity index (χ3n) is 6.49. The standard InChI is InChI=1S/C26H26Cl2F2N6O/c27-18-8-15(5-7-37)9-19(28)23(18)25-34-22-13-33-26(32-12-16-3-4-20(29)21(30)10-16)35-24(22)36(25)14-17-2-1-6-31-11-17/h3-4,8-10,13,17,31,37H,1-2,5-7,11-12,14H2,(H,32,33,35). The zero-order valence-electron chi connectivity index (χ0n) is 19.9. The van der Waals surface area contributed by atoms with Crippen LogP contribution >= 0.6 is 23.2 Å². The van der Waals surface area contributed by atoms with Gasteiger partial charge in [-0.25, -0.2) is 18.7 Å². The van der Waals surface area contributed by atoms with Crippen molar-refractivity contribution in [3.8, 4) is 11.4 Å². The van der Waals surface area contributed by atoms with Crippen molar-refractivity contribution in [2.75, 3.05) is 25.0 Å². The molecule has 0 amide bonds. The molecular weight excluding hydrogens is 521 g/mol. The fraction of sp³-hybridized carbons (Fsp3) is 0.346. The van der Waals surface area contributed by atoms with E-state index in [1.54, 1.807) is 18.3 Å². The molecule has 3 N–H and O–H groups in total. The van der Waals surface area contributed by atoms with Crippen molar-refractivity contribution in [3.05, 3.63) is 69.3 Å². The van der Waals surface area contributed by atoms with E-state index in [9.17, 15) is 13.9 Å². The lowest BCUT2D eigenvalue weighted by Crippen LogP contribution is -2.32. The number of fused-ring (bicyclic) bond motifs is 1. The summed E-state index contributed by atoms with van der Waals surface area (Å²) in [5.41, 5.74) is 3.21. The van der Waals surface area contributed by atoms with E-state index < -0.39 is 11.6 Å². The van der Waals surface area contributed by atoms with Gasteiger partial charge in [0.15, 0.2) is 17.3 Å². The monoisotopic (exact) mass is 546 g/mol. The summed E-state index contributed by atoms with van der Waals surface area (Å²) < 4.78 is 28.9. The molecule has 0 saturated carbocycles. The molecule has 0 spiro atoms. The molecule has 0 aliphatic carbocycles. The quantitative estimate of drug-likeness (QED) is 0.280. The Balaban J connectivity index is 1.53. The summed E-state index contributed by atoms with van der Waals surface area (Å²) >= 11 is 13.4.